The molecule has 0 atom stereocenters. The molecule has 4 nitrogen and oxygen atoms in total. The highest BCUT2D eigenvalue weighted by Gasteiger charge is 2.29. The minimum Gasteiger partial charge on any atom is -0.507 e. The molecule has 4 N–H and O–H groups in total. The van der Waals surface area contributed by atoms with E-state index in [-0.39, 0.29) is 16.7 Å². The highest BCUT2D eigenvalue weighted by Crippen LogP contribution is 2.42. The van der Waals surface area contributed by atoms with Crippen LogP contribution in [0.1, 0.15) is 77.5 Å². The normalized spacial score (nSPS) is 12.3. The molecule has 0 aliphatic carbocycles. The lowest BCUT2D eigenvalue weighted by Crippen LogP contribution is -2.30. The molecule has 4 heteroatoms. The number of benzene rings is 1. The number of aromatic hydroxyl groups is 1. The average molecular weight is 320 g/mol. The monoisotopic (exact) mass is 320 g/mol. The standard InChI is InChI=1S/C19H32N2O2/c1-7-18(3,4)14-11-13(9-10-16(22)21-20)12-15(17(14)23)19(5,6)8-2/h11-12,23H,7-10,20H2,1-6H3,(H,21,22). The maximum atomic E-state index is 11.4. The third-order valence-corrected chi connectivity index (χ3v) is 5.20. The van der Waals surface area contributed by atoms with Gasteiger partial charge in [0.05, 0.1) is 0 Å². The summed E-state index contributed by atoms with van der Waals surface area (Å²) in [6, 6.07) is 4.08. The molecule has 130 valence electrons. The van der Waals surface area contributed by atoms with Crippen molar-refractivity contribution in [2.45, 2.75) is 78.1 Å². The van der Waals surface area contributed by atoms with Crippen LogP contribution in [-0.4, -0.2) is 11.0 Å². The molecule has 0 aliphatic heterocycles. The van der Waals surface area contributed by atoms with E-state index in [4.69, 9.17) is 5.84 Å². The lowest BCUT2D eigenvalue weighted by atomic mass is 9.74. The van der Waals surface area contributed by atoms with Gasteiger partial charge in [-0.15, -0.1) is 0 Å². The van der Waals surface area contributed by atoms with Gasteiger partial charge in [-0.25, -0.2) is 5.84 Å². The van der Waals surface area contributed by atoms with Crippen LogP contribution in [0.2, 0.25) is 0 Å². The Balaban J connectivity index is 3.41. The highest BCUT2D eigenvalue weighted by molar-refractivity contribution is 5.75. The predicted molar refractivity (Wildman–Crippen MR) is 95.4 cm³/mol. The van der Waals surface area contributed by atoms with Gasteiger partial charge >= 0.3 is 0 Å². The highest BCUT2D eigenvalue weighted by atomic mass is 16.3. The van der Waals surface area contributed by atoms with E-state index in [2.05, 4.69) is 47.0 Å². The minimum absolute atomic E-state index is 0.116. The fraction of sp³-hybridized carbons (Fsp3) is 0.632. The molecule has 1 rings (SSSR count). The van der Waals surface area contributed by atoms with Crippen molar-refractivity contribution in [3.63, 3.8) is 0 Å². The third kappa shape index (κ3) is 4.47. The van der Waals surface area contributed by atoms with Crippen molar-refractivity contribution in [3.05, 3.63) is 28.8 Å². The summed E-state index contributed by atoms with van der Waals surface area (Å²) in [6.45, 7) is 12.8. The summed E-state index contributed by atoms with van der Waals surface area (Å²) in [5.74, 6) is 5.39. The molecule has 0 aromatic heterocycles. The Labute approximate surface area is 140 Å². The lowest BCUT2D eigenvalue weighted by Gasteiger charge is -2.31. The van der Waals surface area contributed by atoms with E-state index in [1.54, 1.807) is 0 Å². The number of aryl methyl sites for hydroxylation is 1. The molecule has 0 spiro atoms. The van der Waals surface area contributed by atoms with E-state index in [0.717, 1.165) is 29.5 Å². The van der Waals surface area contributed by atoms with Gasteiger partial charge in [0.15, 0.2) is 0 Å². The molecule has 0 aliphatic rings. The van der Waals surface area contributed by atoms with Crippen LogP contribution in [0.3, 0.4) is 0 Å². The Hall–Kier alpha value is -1.55. The van der Waals surface area contributed by atoms with Crippen molar-refractivity contribution in [1.82, 2.24) is 5.43 Å². The number of hydrogen-bond acceptors (Lipinski definition) is 3. The van der Waals surface area contributed by atoms with Gasteiger partial charge in [-0.2, -0.15) is 0 Å². The number of hydrazine groups is 1. The van der Waals surface area contributed by atoms with Crippen molar-refractivity contribution >= 4 is 5.91 Å². The van der Waals surface area contributed by atoms with E-state index in [1.165, 1.54) is 0 Å². The van der Waals surface area contributed by atoms with E-state index in [1.807, 2.05) is 12.1 Å². The third-order valence-electron chi connectivity index (χ3n) is 5.20. The number of carbonyl (C=O) groups excluding carboxylic acids is 1. The SMILES string of the molecule is CCC(C)(C)c1cc(CCC(=O)NN)cc(C(C)(C)CC)c1O. The first kappa shape index (κ1) is 19.5. The van der Waals surface area contributed by atoms with Crippen molar-refractivity contribution < 1.29 is 9.90 Å². The summed E-state index contributed by atoms with van der Waals surface area (Å²) < 4.78 is 0. The number of phenols is 1. The Morgan fingerprint density at radius 3 is 1.87 bits per heavy atom. The van der Waals surface area contributed by atoms with Gasteiger partial charge in [0, 0.05) is 17.5 Å². The second kappa shape index (κ2) is 7.35. The zero-order chi connectivity index (χ0) is 17.8. The van der Waals surface area contributed by atoms with Crippen molar-refractivity contribution in [3.8, 4) is 5.75 Å². The maximum Gasteiger partial charge on any atom is 0.234 e. The van der Waals surface area contributed by atoms with Crippen LogP contribution in [0.4, 0.5) is 0 Å². The molecule has 0 bridgehead atoms. The quantitative estimate of drug-likeness (QED) is 0.407. The van der Waals surface area contributed by atoms with Gasteiger partial charge in [0.25, 0.3) is 0 Å². The summed E-state index contributed by atoms with van der Waals surface area (Å²) in [5.41, 5.74) is 4.93. The van der Waals surface area contributed by atoms with Gasteiger partial charge in [-0.3, -0.25) is 10.2 Å². The summed E-state index contributed by atoms with van der Waals surface area (Å²) in [4.78, 5) is 11.4. The van der Waals surface area contributed by atoms with Crippen molar-refractivity contribution in [1.29, 1.82) is 0 Å². The number of nitrogens with two attached hydrogens (primary N) is 1. The fourth-order valence-corrected chi connectivity index (χ4v) is 2.58. The first-order valence-electron chi connectivity index (χ1n) is 8.45. The lowest BCUT2D eigenvalue weighted by molar-refractivity contribution is -0.121. The molecule has 1 aromatic carbocycles. The largest absolute Gasteiger partial charge is 0.507 e. The molecule has 1 amide bonds. The first-order valence-corrected chi connectivity index (χ1v) is 8.45. The number of nitrogens with one attached hydrogen (secondary N) is 1. The van der Waals surface area contributed by atoms with Gasteiger partial charge in [0.1, 0.15) is 5.75 Å². The zero-order valence-corrected chi connectivity index (χ0v) is 15.4. The molecule has 0 saturated carbocycles. The van der Waals surface area contributed by atoms with Crippen LogP contribution in [0.25, 0.3) is 0 Å². The number of hydrogen-bond donors (Lipinski definition) is 3. The molecule has 0 fully saturated rings. The summed E-state index contributed by atoms with van der Waals surface area (Å²) in [6.07, 6.45) is 2.82. The topological polar surface area (TPSA) is 75.4 Å². The second-order valence-electron chi connectivity index (χ2n) is 7.58. The molecular formula is C19H32N2O2. The molecule has 0 heterocycles. The molecule has 0 unspecified atom stereocenters. The zero-order valence-electron chi connectivity index (χ0n) is 15.4. The Bertz CT molecular complexity index is 525. The Morgan fingerprint density at radius 2 is 1.52 bits per heavy atom. The van der Waals surface area contributed by atoms with Crippen LogP contribution < -0.4 is 11.3 Å². The van der Waals surface area contributed by atoms with Crippen LogP contribution >= 0.6 is 0 Å². The molecular weight excluding hydrogens is 288 g/mol. The molecule has 0 radical (unpaired) electrons. The first-order chi connectivity index (χ1) is 10.6. The number of phenolic OH excluding ortho intramolecular Hbond substituents is 1. The fourth-order valence-electron chi connectivity index (χ4n) is 2.58. The van der Waals surface area contributed by atoms with E-state index in [9.17, 15) is 9.90 Å². The van der Waals surface area contributed by atoms with E-state index in [0.29, 0.717) is 18.6 Å². The van der Waals surface area contributed by atoms with Gasteiger partial charge in [0.2, 0.25) is 5.91 Å². The van der Waals surface area contributed by atoms with Crippen LogP contribution in [0, 0.1) is 0 Å². The van der Waals surface area contributed by atoms with Crippen LogP contribution in [0.5, 0.6) is 5.75 Å². The maximum absolute atomic E-state index is 11.4. The van der Waals surface area contributed by atoms with Gasteiger partial charge in [-0.1, -0.05) is 53.7 Å². The Morgan fingerprint density at radius 1 is 1.09 bits per heavy atom. The number of rotatable bonds is 7. The van der Waals surface area contributed by atoms with Gasteiger partial charge < -0.3 is 5.11 Å². The molecule has 1 aromatic rings. The second-order valence-corrected chi connectivity index (χ2v) is 7.58. The molecule has 23 heavy (non-hydrogen) atoms. The van der Waals surface area contributed by atoms with E-state index >= 15 is 0 Å². The minimum atomic E-state index is -0.175. The van der Waals surface area contributed by atoms with Crippen LogP contribution in [-0.2, 0) is 22.0 Å². The summed E-state index contributed by atoms with van der Waals surface area (Å²) >= 11 is 0. The summed E-state index contributed by atoms with van der Waals surface area (Å²) in [7, 11) is 0. The predicted octanol–water partition coefficient (Wildman–Crippen LogP) is 3.69. The van der Waals surface area contributed by atoms with E-state index < -0.39 is 0 Å². The molecule has 0 saturated heterocycles. The average Bonchev–Trinajstić information content (AvgIpc) is 2.52. The summed E-state index contributed by atoms with van der Waals surface area (Å²) in [5, 5.41) is 10.9. The Kier molecular flexibility index (Phi) is 6.23. The van der Waals surface area contributed by atoms with Crippen molar-refractivity contribution in [2.75, 3.05) is 0 Å². The number of amides is 1. The van der Waals surface area contributed by atoms with Crippen molar-refractivity contribution in [2.24, 2.45) is 5.84 Å². The smallest absolute Gasteiger partial charge is 0.234 e. The number of carbonyl (C=O) groups is 1. The van der Waals surface area contributed by atoms with Crippen LogP contribution in [0.15, 0.2) is 12.1 Å². The van der Waals surface area contributed by atoms with Gasteiger partial charge in [-0.05, 0) is 35.7 Å².